The first kappa shape index (κ1) is 14.6. The van der Waals surface area contributed by atoms with E-state index in [1.807, 2.05) is 24.4 Å². The van der Waals surface area contributed by atoms with Crippen LogP contribution < -0.4 is 11.1 Å². The summed E-state index contributed by atoms with van der Waals surface area (Å²) < 4.78 is 0. The van der Waals surface area contributed by atoms with Gasteiger partial charge < -0.3 is 11.1 Å². The van der Waals surface area contributed by atoms with E-state index in [0.29, 0.717) is 17.2 Å². The molecule has 106 valence electrons. The minimum Gasteiger partial charge on any atom is -0.399 e. The van der Waals surface area contributed by atoms with Crippen LogP contribution >= 0.6 is 11.3 Å². The topological polar surface area (TPSA) is 55.1 Å². The maximum Gasteiger partial charge on any atom is 0.252 e. The molecule has 2 aromatic rings. The molecule has 0 fully saturated rings. The lowest BCUT2D eigenvalue weighted by atomic mass is 10.0. The number of carbonyl (C=O) groups excluding carboxylic acids is 1. The molecule has 1 heterocycles. The smallest absolute Gasteiger partial charge is 0.252 e. The molecular formula is C16H20N2OS. The fourth-order valence-electron chi connectivity index (χ4n) is 2.20. The number of hydrogen-bond donors (Lipinski definition) is 2. The molecule has 0 aliphatic heterocycles. The van der Waals surface area contributed by atoms with Crippen molar-refractivity contribution in [3.05, 3.63) is 51.7 Å². The van der Waals surface area contributed by atoms with Crippen molar-refractivity contribution in [3.63, 3.8) is 0 Å². The maximum atomic E-state index is 12.4. The number of anilines is 1. The predicted octanol–water partition coefficient (Wildman–Crippen LogP) is 3.77. The van der Waals surface area contributed by atoms with E-state index in [1.54, 1.807) is 23.5 Å². The molecule has 20 heavy (non-hydrogen) atoms. The molecule has 0 saturated heterocycles. The third-order valence-corrected chi connectivity index (χ3v) is 4.25. The lowest BCUT2D eigenvalue weighted by molar-refractivity contribution is 0.0926. The molecule has 3 nitrogen and oxygen atoms in total. The number of nitrogen functional groups attached to an aromatic ring is 1. The molecule has 0 spiro atoms. The van der Waals surface area contributed by atoms with Gasteiger partial charge in [-0.1, -0.05) is 19.9 Å². The van der Waals surface area contributed by atoms with Gasteiger partial charge in [0.25, 0.3) is 5.91 Å². The van der Waals surface area contributed by atoms with Gasteiger partial charge in [-0.3, -0.25) is 4.79 Å². The van der Waals surface area contributed by atoms with Gasteiger partial charge in [-0.05, 0) is 48.1 Å². The van der Waals surface area contributed by atoms with Crippen LogP contribution in [0.2, 0.25) is 0 Å². The highest BCUT2D eigenvalue weighted by atomic mass is 32.1. The number of rotatable bonds is 4. The van der Waals surface area contributed by atoms with Gasteiger partial charge in [-0.25, -0.2) is 0 Å². The second-order valence-electron chi connectivity index (χ2n) is 5.28. The lowest BCUT2D eigenvalue weighted by Crippen LogP contribution is -2.31. The summed E-state index contributed by atoms with van der Waals surface area (Å²) >= 11 is 1.67. The first-order chi connectivity index (χ1) is 9.49. The third-order valence-electron chi connectivity index (χ3n) is 3.30. The molecular weight excluding hydrogens is 268 g/mol. The van der Waals surface area contributed by atoms with E-state index in [4.69, 9.17) is 5.73 Å². The maximum absolute atomic E-state index is 12.4. The Labute approximate surface area is 123 Å². The van der Waals surface area contributed by atoms with Crippen molar-refractivity contribution in [1.82, 2.24) is 5.32 Å². The molecule has 4 heteroatoms. The average Bonchev–Trinajstić information content (AvgIpc) is 2.88. The standard InChI is InChI=1S/C16H20N2OS/c1-10(2)15(14-5-4-8-20-14)18-16(19)13-7-6-12(17)9-11(13)3/h4-10,15H,17H2,1-3H3,(H,18,19). The number of aryl methyl sites for hydroxylation is 1. The molecule has 0 saturated carbocycles. The summed E-state index contributed by atoms with van der Waals surface area (Å²) in [5.74, 6) is 0.293. The number of hydrogen-bond acceptors (Lipinski definition) is 3. The minimum absolute atomic E-state index is 0.0412. The first-order valence-corrected chi connectivity index (χ1v) is 7.57. The number of benzene rings is 1. The van der Waals surface area contributed by atoms with Crippen LogP contribution in [0.1, 0.15) is 40.7 Å². The lowest BCUT2D eigenvalue weighted by Gasteiger charge is -2.21. The summed E-state index contributed by atoms with van der Waals surface area (Å²) in [6, 6.07) is 9.48. The van der Waals surface area contributed by atoms with E-state index in [0.717, 1.165) is 5.56 Å². The van der Waals surface area contributed by atoms with Crippen LogP contribution in [0.4, 0.5) is 5.69 Å². The second-order valence-corrected chi connectivity index (χ2v) is 6.26. The highest BCUT2D eigenvalue weighted by Crippen LogP contribution is 2.26. The fraction of sp³-hybridized carbons (Fsp3) is 0.312. The third kappa shape index (κ3) is 3.20. The quantitative estimate of drug-likeness (QED) is 0.841. The van der Waals surface area contributed by atoms with E-state index in [1.165, 1.54) is 4.88 Å². The summed E-state index contributed by atoms with van der Waals surface area (Å²) in [6.45, 7) is 6.13. The first-order valence-electron chi connectivity index (χ1n) is 6.69. The van der Waals surface area contributed by atoms with Gasteiger partial charge in [0.15, 0.2) is 0 Å². The van der Waals surface area contributed by atoms with E-state index in [2.05, 4.69) is 25.2 Å². The van der Waals surface area contributed by atoms with E-state index < -0.39 is 0 Å². The Balaban J connectivity index is 2.21. The van der Waals surface area contributed by atoms with Crippen molar-refractivity contribution in [2.45, 2.75) is 26.8 Å². The van der Waals surface area contributed by atoms with Crippen LogP contribution in [0.15, 0.2) is 35.7 Å². The van der Waals surface area contributed by atoms with Gasteiger partial charge >= 0.3 is 0 Å². The van der Waals surface area contributed by atoms with Crippen LogP contribution in [-0.2, 0) is 0 Å². The Kier molecular flexibility index (Phi) is 4.45. The number of thiophene rings is 1. The Morgan fingerprint density at radius 3 is 2.60 bits per heavy atom. The zero-order valence-corrected chi connectivity index (χ0v) is 12.8. The Hall–Kier alpha value is -1.81. The van der Waals surface area contributed by atoms with Crippen LogP contribution in [0.5, 0.6) is 0 Å². The van der Waals surface area contributed by atoms with Crippen molar-refractivity contribution in [2.24, 2.45) is 5.92 Å². The molecule has 1 unspecified atom stereocenters. The summed E-state index contributed by atoms with van der Waals surface area (Å²) in [7, 11) is 0. The molecule has 0 bridgehead atoms. The number of amides is 1. The van der Waals surface area contributed by atoms with Gasteiger partial charge in [-0.15, -0.1) is 11.3 Å². The van der Waals surface area contributed by atoms with Gasteiger partial charge in [0, 0.05) is 16.1 Å². The van der Waals surface area contributed by atoms with Crippen molar-refractivity contribution >= 4 is 22.9 Å². The van der Waals surface area contributed by atoms with Crippen molar-refractivity contribution in [1.29, 1.82) is 0 Å². The van der Waals surface area contributed by atoms with Crippen molar-refractivity contribution in [2.75, 3.05) is 5.73 Å². The van der Waals surface area contributed by atoms with Gasteiger partial charge in [0.05, 0.1) is 6.04 Å². The highest BCUT2D eigenvalue weighted by molar-refractivity contribution is 7.10. The average molecular weight is 288 g/mol. The molecule has 1 atom stereocenters. The molecule has 1 aromatic carbocycles. The normalized spacial score (nSPS) is 12.4. The van der Waals surface area contributed by atoms with Gasteiger partial charge in [-0.2, -0.15) is 0 Å². The van der Waals surface area contributed by atoms with Gasteiger partial charge in [0.2, 0.25) is 0 Å². The monoisotopic (exact) mass is 288 g/mol. The highest BCUT2D eigenvalue weighted by Gasteiger charge is 2.20. The van der Waals surface area contributed by atoms with Gasteiger partial charge in [0.1, 0.15) is 0 Å². The number of nitrogens with two attached hydrogens (primary N) is 1. The van der Waals surface area contributed by atoms with Crippen molar-refractivity contribution in [3.8, 4) is 0 Å². The Bertz CT molecular complexity index is 591. The molecule has 0 radical (unpaired) electrons. The summed E-state index contributed by atoms with van der Waals surface area (Å²) in [5.41, 5.74) is 7.98. The van der Waals surface area contributed by atoms with E-state index >= 15 is 0 Å². The van der Waals surface area contributed by atoms with Crippen molar-refractivity contribution < 1.29 is 4.79 Å². The van der Waals surface area contributed by atoms with E-state index in [9.17, 15) is 4.79 Å². The van der Waals surface area contributed by atoms with Crippen LogP contribution in [0.3, 0.4) is 0 Å². The summed E-state index contributed by atoms with van der Waals surface area (Å²) in [4.78, 5) is 13.6. The Morgan fingerprint density at radius 2 is 2.05 bits per heavy atom. The molecule has 0 aliphatic carbocycles. The van der Waals surface area contributed by atoms with Crippen LogP contribution in [0, 0.1) is 12.8 Å². The minimum atomic E-state index is -0.0467. The van der Waals surface area contributed by atoms with E-state index in [-0.39, 0.29) is 11.9 Å². The molecule has 0 aliphatic rings. The van der Waals surface area contributed by atoms with Crippen LogP contribution in [0.25, 0.3) is 0 Å². The molecule has 2 rings (SSSR count). The fourth-order valence-corrected chi connectivity index (χ4v) is 3.14. The SMILES string of the molecule is Cc1cc(N)ccc1C(=O)NC(c1cccs1)C(C)C. The predicted molar refractivity (Wildman–Crippen MR) is 85.0 cm³/mol. The largest absolute Gasteiger partial charge is 0.399 e. The zero-order valence-electron chi connectivity index (χ0n) is 12.0. The zero-order chi connectivity index (χ0) is 14.7. The summed E-state index contributed by atoms with van der Waals surface area (Å²) in [5, 5.41) is 5.16. The number of carbonyl (C=O) groups is 1. The molecule has 1 aromatic heterocycles. The molecule has 1 amide bonds. The number of nitrogens with one attached hydrogen (secondary N) is 1. The second kappa shape index (κ2) is 6.09. The van der Waals surface area contributed by atoms with Crippen LogP contribution in [-0.4, -0.2) is 5.91 Å². The summed E-state index contributed by atoms with van der Waals surface area (Å²) in [6.07, 6.45) is 0. The Morgan fingerprint density at radius 1 is 1.30 bits per heavy atom. The molecule has 3 N–H and O–H groups in total.